The first-order chi connectivity index (χ1) is 9.76. The fourth-order valence-electron chi connectivity index (χ4n) is 1.77. The summed E-state index contributed by atoms with van der Waals surface area (Å²) in [6.07, 6.45) is -17.8. The highest BCUT2D eigenvalue weighted by atomic mass is 19.4. The van der Waals surface area contributed by atoms with Gasteiger partial charge < -0.3 is 5.11 Å². The van der Waals surface area contributed by atoms with Crippen molar-refractivity contribution in [2.45, 2.75) is 43.6 Å². The number of allylic oxidation sites excluding steroid dienone is 2. The van der Waals surface area contributed by atoms with Crippen LogP contribution in [0.3, 0.4) is 0 Å². The Bertz CT molecular complexity index is 390. The van der Waals surface area contributed by atoms with Crippen LogP contribution in [0.5, 0.6) is 0 Å². The Balaban J connectivity index is 5.47. The summed E-state index contributed by atoms with van der Waals surface area (Å²) in [6, 6.07) is 0. The van der Waals surface area contributed by atoms with Crippen molar-refractivity contribution in [3.8, 4) is 0 Å². The molecule has 0 aromatic carbocycles. The zero-order chi connectivity index (χ0) is 17.8. The van der Waals surface area contributed by atoms with Crippen molar-refractivity contribution in [2.24, 2.45) is 5.92 Å². The molecule has 0 fully saturated rings. The Morgan fingerprint density at radius 1 is 1.00 bits per heavy atom. The van der Waals surface area contributed by atoms with Crippen LogP contribution < -0.4 is 0 Å². The number of alkyl halides is 6. The SMILES string of the molecule is C=CCCC(CC(F)=C(F)F)CC(O)(C(F)(F)F)C(F)(F)F. The standard InChI is InChI=1S/C12H13F9O/c1-2-3-4-7(5-8(13)9(14)15)6-10(22,11(16,17)18)12(19,20)21/h2,7,22H,1,3-6H2. The Kier molecular flexibility index (Phi) is 6.98. The topological polar surface area (TPSA) is 20.2 Å². The molecule has 0 spiro atoms. The summed E-state index contributed by atoms with van der Waals surface area (Å²) in [5.74, 6) is -3.91. The number of aliphatic hydroxyl groups is 1. The first-order valence-electron chi connectivity index (χ1n) is 5.92. The molecule has 0 saturated carbocycles. The average Bonchev–Trinajstić information content (AvgIpc) is 2.32. The lowest BCUT2D eigenvalue weighted by molar-refractivity contribution is -0.372. The van der Waals surface area contributed by atoms with Gasteiger partial charge in [-0.2, -0.15) is 35.1 Å². The molecule has 0 rings (SSSR count). The minimum absolute atomic E-state index is 0.127. The van der Waals surface area contributed by atoms with E-state index in [1.165, 1.54) is 0 Å². The molecule has 0 aromatic heterocycles. The molecular formula is C12H13F9O. The number of rotatable bonds is 7. The Morgan fingerprint density at radius 3 is 1.77 bits per heavy atom. The van der Waals surface area contributed by atoms with Gasteiger partial charge in [0.15, 0.2) is 5.83 Å². The molecule has 0 aliphatic carbocycles. The second-order valence-electron chi connectivity index (χ2n) is 4.66. The lowest BCUT2D eigenvalue weighted by atomic mass is 9.84. The highest BCUT2D eigenvalue weighted by Gasteiger charge is 2.70. The van der Waals surface area contributed by atoms with E-state index in [9.17, 15) is 39.5 Å². The predicted octanol–water partition coefficient (Wildman–Crippen LogP) is 5.28. The van der Waals surface area contributed by atoms with Crippen molar-refractivity contribution in [3.63, 3.8) is 0 Å². The van der Waals surface area contributed by atoms with Gasteiger partial charge in [-0.25, -0.2) is 4.39 Å². The van der Waals surface area contributed by atoms with Crippen molar-refractivity contribution < 1.29 is 44.6 Å². The third-order valence-electron chi connectivity index (χ3n) is 2.97. The molecule has 0 heterocycles. The van der Waals surface area contributed by atoms with Gasteiger partial charge in [-0.3, -0.25) is 0 Å². The second kappa shape index (κ2) is 7.38. The molecule has 1 atom stereocenters. The maximum absolute atomic E-state index is 12.8. The van der Waals surface area contributed by atoms with E-state index in [2.05, 4.69) is 6.58 Å². The summed E-state index contributed by atoms with van der Waals surface area (Å²) in [6.45, 7) is 3.18. The molecule has 0 saturated heterocycles. The molecule has 0 aliphatic rings. The summed E-state index contributed by atoms with van der Waals surface area (Å²) in [5.41, 5.74) is -5.10. The van der Waals surface area contributed by atoms with Gasteiger partial charge in [0.1, 0.15) is 0 Å². The highest BCUT2D eigenvalue weighted by Crippen LogP contribution is 2.48. The molecule has 1 unspecified atom stereocenters. The smallest absolute Gasteiger partial charge is 0.374 e. The fraction of sp³-hybridized carbons (Fsp3) is 0.667. The van der Waals surface area contributed by atoms with E-state index in [0.29, 0.717) is 0 Å². The largest absolute Gasteiger partial charge is 0.426 e. The summed E-state index contributed by atoms with van der Waals surface area (Å²) in [4.78, 5) is 0. The fourth-order valence-corrected chi connectivity index (χ4v) is 1.77. The van der Waals surface area contributed by atoms with Crippen molar-refractivity contribution in [1.82, 2.24) is 0 Å². The molecular weight excluding hydrogens is 331 g/mol. The zero-order valence-corrected chi connectivity index (χ0v) is 11.0. The molecule has 0 aliphatic heterocycles. The van der Waals surface area contributed by atoms with Crippen molar-refractivity contribution >= 4 is 0 Å². The summed E-state index contributed by atoms with van der Waals surface area (Å²) in [7, 11) is 0. The van der Waals surface area contributed by atoms with Crippen LogP contribution in [-0.4, -0.2) is 23.1 Å². The molecule has 10 heteroatoms. The third kappa shape index (κ3) is 5.22. The van der Waals surface area contributed by atoms with E-state index in [0.717, 1.165) is 6.08 Å². The van der Waals surface area contributed by atoms with E-state index >= 15 is 0 Å². The van der Waals surface area contributed by atoms with Gasteiger partial charge in [0, 0.05) is 6.42 Å². The van der Waals surface area contributed by atoms with Gasteiger partial charge in [-0.15, -0.1) is 6.58 Å². The molecule has 22 heavy (non-hydrogen) atoms. The molecule has 130 valence electrons. The lowest BCUT2D eigenvalue weighted by Gasteiger charge is -2.35. The quantitative estimate of drug-likeness (QED) is 0.492. The van der Waals surface area contributed by atoms with E-state index in [4.69, 9.17) is 5.11 Å². The van der Waals surface area contributed by atoms with E-state index in [1.54, 1.807) is 0 Å². The molecule has 1 N–H and O–H groups in total. The van der Waals surface area contributed by atoms with Crippen LogP contribution in [0.25, 0.3) is 0 Å². The van der Waals surface area contributed by atoms with E-state index < -0.39 is 55.0 Å². The summed E-state index contributed by atoms with van der Waals surface area (Å²) in [5, 5.41) is 9.00. The average molecular weight is 344 g/mol. The lowest BCUT2D eigenvalue weighted by Crippen LogP contribution is -2.57. The van der Waals surface area contributed by atoms with Crippen LogP contribution in [0.2, 0.25) is 0 Å². The maximum atomic E-state index is 12.8. The van der Waals surface area contributed by atoms with Crippen molar-refractivity contribution in [1.29, 1.82) is 0 Å². The van der Waals surface area contributed by atoms with Gasteiger partial charge in [-0.1, -0.05) is 6.08 Å². The van der Waals surface area contributed by atoms with Gasteiger partial charge in [-0.05, 0) is 25.2 Å². The monoisotopic (exact) mass is 344 g/mol. The normalized spacial score (nSPS) is 14.6. The van der Waals surface area contributed by atoms with Crippen molar-refractivity contribution in [2.75, 3.05) is 0 Å². The summed E-state index contributed by atoms with van der Waals surface area (Å²) >= 11 is 0. The van der Waals surface area contributed by atoms with E-state index in [-0.39, 0.29) is 6.42 Å². The Labute approximate surface area is 120 Å². The first-order valence-corrected chi connectivity index (χ1v) is 5.92. The van der Waals surface area contributed by atoms with Crippen LogP contribution in [0.15, 0.2) is 24.6 Å². The number of halogens is 9. The molecule has 0 aromatic rings. The van der Waals surface area contributed by atoms with Gasteiger partial charge in [0.2, 0.25) is 0 Å². The van der Waals surface area contributed by atoms with Crippen molar-refractivity contribution in [3.05, 3.63) is 24.6 Å². The van der Waals surface area contributed by atoms with Crippen LogP contribution >= 0.6 is 0 Å². The third-order valence-corrected chi connectivity index (χ3v) is 2.97. The molecule has 1 nitrogen and oxygen atoms in total. The van der Waals surface area contributed by atoms with Gasteiger partial charge >= 0.3 is 18.4 Å². The molecule has 0 amide bonds. The first kappa shape index (κ1) is 20.8. The van der Waals surface area contributed by atoms with Gasteiger partial charge in [0.25, 0.3) is 5.60 Å². The molecule has 0 radical (unpaired) electrons. The van der Waals surface area contributed by atoms with Gasteiger partial charge in [0.05, 0.1) is 0 Å². The van der Waals surface area contributed by atoms with Crippen LogP contribution in [0, 0.1) is 5.92 Å². The Morgan fingerprint density at radius 2 is 1.45 bits per heavy atom. The number of hydrogen-bond donors (Lipinski definition) is 1. The highest BCUT2D eigenvalue weighted by molar-refractivity contribution is 4.99. The minimum atomic E-state index is -6.08. The Hall–Kier alpha value is -1.19. The second-order valence-corrected chi connectivity index (χ2v) is 4.66. The van der Waals surface area contributed by atoms with Crippen LogP contribution in [0.4, 0.5) is 39.5 Å². The minimum Gasteiger partial charge on any atom is -0.374 e. The molecule has 0 bridgehead atoms. The van der Waals surface area contributed by atoms with E-state index in [1.807, 2.05) is 0 Å². The van der Waals surface area contributed by atoms with Crippen LogP contribution in [0.1, 0.15) is 25.7 Å². The van der Waals surface area contributed by atoms with Crippen LogP contribution in [-0.2, 0) is 0 Å². The maximum Gasteiger partial charge on any atom is 0.426 e. The predicted molar refractivity (Wildman–Crippen MR) is 59.6 cm³/mol. The number of hydrogen-bond acceptors (Lipinski definition) is 1. The summed E-state index contributed by atoms with van der Waals surface area (Å²) < 4.78 is 112. The zero-order valence-electron chi connectivity index (χ0n) is 11.0.